The lowest BCUT2D eigenvalue weighted by Crippen LogP contribution is -2.38. The molecule has 0 fully saturated rings. The van der Waals surface area contributed by atoms with Crippen LogP contribution in [0, 0.1) is 12.7 Å². The predicted molar refractivity (Wildman–Crippen MR) is 126 cm³/mol. The highest BCUT2D eigenvalue weighted by Crippen LogP contribution is 2.24. The third-order valence-corrected chi connectivity index (χ3v) is 5.27. The van der Waals surface area contributed by atoms with Gasteiger partial charge in [0.25, 0.3) is 0 Å². The molecule has 1 atom stereocenters. The van der Waals surface area contributed by atoms with Gasteiger partial charge in [0.05, 0.1) is 18.3 Å². The standard InChI is InChI=1S/C20H27FN4O2S.HI/c1-5-22-20(23-12-11-15-9-7-8-10-16(15)21)25-14(4)18-24-13(3)17(28-18)19(26)27-6-2;/h7-10,14H,5-6,11-12H2,1-4H3,(H2,22,23,25);1H. The highest BCUT2D eigenvalue weighted by atomic mass is 127. The van der Waals surface area contributed by atoms with Crippen LogP contribution in [0.15, 0.2) is 29.3 Å². The van der Waals surface area contributed by atoms with Crippen molar-refractivity contribution in [3.05, 3.63) is 51.2 Å². The molecule has 0 aliphatic heterocycles. The Bertz CT molecular complexity index is 829. The Kier molecular flexibility index (Phi) is 11.1. The number of nitrogens with zero attached hydrogens (tertiary/aromatic N) is 2. The van der Waals surface area contributed by atoms with Crippen molar-refractivity contribution in [2.75, 3.05) is 19.7 Å². The fourth-order valence-electron chi connectivity index (χ4n) is 2.56. The van der Waals surface area contributed by atoms with Crippen LogP contribution in [0.3, 0.4) is 0 Å². The predicted octanol–water partition coefficient (Wildman–Crippen LogP) is 4.24. The average Bonchev–Trinajstić information content (AvgIpc) is 3.05. The minimum absolute atomic E-state index is 0. The van der Waals surface area contributed by atoms with E-state index in [1.807, 2.05) is 19.9 Å². The third-order valence-electron chi connectivity index (χ3n) is 3.95. The molecule has 2 aromatic rings. The van der Waals surface area contributed by atoms with Crippen molar-refractivity contribution in [2.45, 2.75) is 40.2 Å². The van der Waals surface area contributed by atoms with E-state index in [0.29, 0.717) is 48.2 Å². The largest absolute Gasteiger partial charge is 0.462 e. The molecule has 6 nitrogen and oxygen atoms in total. The number of carbonyl (C=O) groups is 1. The first kappa shape index (κ1) is 25.3. The maximum absolute atomic E-state index is 13.7. The topological polar surface area (TPSA) is 75.6 Å². The molecular formula is C20H28FIN4O2S. The summed E-state index contributed by atoms with van der Waals surface area (Å²) < 4.78 is 18.8. The van der Waals surface area contributed by atoms with Crippen molar-refractivity contribution in [1.29, 1.82) is 0 Å². The Hall–Kier alpha value is -1.75. The second-order valence-electron chi connectivity index (χ2n) is 6.16. The van der Waals surface area contributed by atoms with Gasteiger partial charge < -0.3 is 15.4 Å². The van der Waals surface area contributed by atoms with Gasteiger partial charge in [0.2, 0.25) is 0 Å². The van der Waals surface area contributed by atoms with E-state index in [1.54, 1.807) is 26.0 Å². The number of aliphatic imine (C=N–C) groups is 1. The van der Waals surface area contributed by atoms with E-state index >= 15 is 0 Å². The molecule has 0 aliphatic carbocycles. The van der Waals surface area contributed by atoms with Crippen molar-refractivity contribution < 1.29 is 13.9 Å². The molecule has 2 rings (SSSR count). The van der Waals surface area contributed by atoms with Crippen molar-refractivity contribution in [1.82, 2.24) is 15.6 Å². The summed E-state index contributed by atoms with van der Waals surface area (Å²) in [6.45, 7) is 8.99. The fraction of sp³-hybridized carbons (Fsp3) is 0.450. The number of hydrogen-bond donors (Lipinski definition) is 2. The molecule has 29 heavy (non-hydrogen) atoms. The zero-order valence-electron chi connectivity index (χ0n) is 17.1. The number of aromatic nitrogens is 1. The van der Waals surface area contributed by atoms with E-state index in [0.717, 1.165) is 5.01 Å². The molecule has 9 heteroatoms. The molecule has 0 saturated carbocycles. The van der Waals surface area contributed by atoms with Crippen LogP contribution in [0.5, 0.6) is 0 Å². The van der Waals surface area contributed by atoms with Gasteiger partial charge in [-0.05, 0) is 45.7 Å². The summed E-state index contributed by atoms with van der Waals surface area (Å²) in [5, 5.41) is 7.24. The maximum Gasteiger partial charge on any atom is 0.350 e. The van der Waals surface area contributed by atoms with Gasteiger partial charge in [-0.25, -0.2) is 14.2 Å². The Morgan fingerprint density at radius 1 is 1.34 bits per heavy atom. The Labute approximate surface area is 192 Å². The summed E-state index contributed by atoms with van der Waals surface area (Å²) in [4.78, 5) is 21.5. The number of thiazole rings is 1. The van der Waals surface area contributed by atoms with Crippen LogP contribution in [-0.2, 0) is 11.2 Å². The van der Waals surface area contributed by atoms with Gasteiger partial charge in [0.15, 0.2) is 5.96 Å². The van der Waals surface area contributed by atoms with Gasteiger partial charge in [0, 0.05) is 13.1 Å². The first-order valence-corrected chi connectivity index (χ1v) is 10.2. The molecule has 0 saturated heterocycles. The Balaban J connectivity index is 0.00000420. The van der Waals surface area contributed by atoms with Crippen LogP contribution < -0.4 is 10.6 Å². The molecule has 0 spiro atoms. The van der Waals surface area contributed by atoms with Crippen molar-refractivity contribution in [3.8, 4) is 0 Å². The van der Waals surface area contributed by atoms with Crippen molar-refractivity contribution in [3.63, 3.8) is 0 Å². The second kappa shape index (κ2) is 12.7. The normalized spacial score (nSPS) is 12.1. The number of ether oxygens (including phenoxy) is 1. The number of hydrogen-bond acceptors (Lipinski definition) is 5. The second-order valence-corrected chi connectivity index (χ2v) is 7.19. The summed E-state index contributed by atoms with van der Waals surface area (Å²) >= 11 is 1.32. The molecule has 1 heterocycles. The molecule has 160 valence electrons. The molecule has 2 N–H and O–H groups in total. The SMILES string of the molecule is CCNC(=NCCc1ccccc1F)NC(C)c1nc(C)c(C(=O)OCC)s1.I. The maximum atomic E-state index is 13.7. The molecule has 0 amide bonds. The molecular weight excluding hydrogens is 506 g/mol. The lowest BCUT2D eigenvalue weighted by molar-refractivity contribution is 0.0531. The highest BCUT2D eigenvalue weighted by molar-refractivity contribution is 14.0. The van der Waals surface area contributed by atoms with E-state index in [2.05, 4.69) is 20.6 Å². The average molecular weight is 534 g/mol. The summed E-state index contributed by atoms with van der Waals surface area (Å²) in [5.74, 6) is 0.0621. The quantitative estimate of drug-likeness (QED) is 0.229. The van der Waals surface area contributed by atoms with Gasteiger partial charge in [0.1, 0.15) is 15.7 Å². The molecule has 1 unspecified atom stereocenters. The Morgan fingerprint density at radius 3 is 2.72 bits per heavy atom. The van der Waals surface area contributed by atoms with E-state index in [4.69, 9.17) is 4.74 Å². The number of aryl methyl sites for hydroxylation is 1. The third kappa shape index (κ3) is 7.54. The van der Waals surface area contributed by atoms with Crippen LogP contribution in [0.25, 0.3) is 0 Å². The number of nitrogens with one attached hydrogen (secondary N) is 2. The highest BCUT2D eigenvalue weighted by Gasteiger charge is 2.20. The zero-order valence-corrected chi connectivity index (χ0v) is 20.3. The zero-order chi connectivity index (χ0) is 20.5. The summed E-state index contributed by atoms with van der Waals surface area (Å²) in [6.07, 6.45) is 0.515. The molecule has 1 aromatic heterocycles. The monoisotopic (exact) mass is 534 g/mol. The first-order chi connectivity index (χ1) is 13.5. The lowest BCUT2D eigenvalue weighted by atomic mass is 10.1. The number of benzene rings is 1. The van der Waals surface area contributed by atoms with Crippen molar-refractivity contribution >= 4 is 47.2 Å². The minimum atomic E-state index is -0.346. The van der Waals surface area contributed by atoms with Crippen LogP contribution in [0.4, 0.5) is 4.39 Å². The van der Waals surface area contributed by atoms with Crippen molar-refractivity contribution in [2.24, 2.45) is 4.99 Å². The number of guanidine groups is 1. The first-order valence-electron chi connectivity index (χ1n) is 9.38. The van der Waals surface area contributed by atoms with Crippen LogP contribution in [-0.4, -0.2) is 36.6 Å². The van der Waals surface area contributed by atoms with Crippen LogP contribution >= 0.6 is 35.3 Å². The molecule has 1 aromatic carbocycles. The Morgan fingerprint density at radius 2 is 2.07 bits per heavy atom. The van der Waals surface area contributed by atoms with E-state index in [9.17, 15) is 9.18 Å². The smallest absolute Gasteiger partial charge is 0.350 e. The number of halogens is 2. The minimum Gasteiger partial charge on any atom is -0.462 e. The molecule has 0 bridgehead atoms. The van der Waals surface area contributed by atoms with E-state index in [1.165, 1.54) is 17.4 Å². The van der Waals surface area contributed by atoms with Gasteiger partial charge in [-0.1, -0.05) is 18.2 Å². The van der Waals surface area contributed by atoms with Gasteiger partial charge >= 0.3 is 5.97 Å². The summed E-state index contributed by atoms with van der Waals surface area (Å²) in [5.41, 5.74) is 1.30. The fourth-order valence-corrected chi connectivity index (χ4v) is 3.53. The van der Waals surface area contributed by atoms with Gasteiger partial charge in [-0.3, -0.25) is 4.99 Å². The van der Waals surface area contributed by atoms with Crippen LogP contribution in [0.2, 0.25) is 0 Å². The van der Waals surface area contributed by atoms with E-state index in [-0.39, 0.29) is 41.8 Å². The lowest BCUT2D eigenvalue weighted by Gasteiger charge is -2.16. The number of carbonyl (C=O) groups excluding carboxylic acids is 1. The van der Waals surface area contributed by atoms with Gasteiger partial charge in [-0.15, -0.1) is 35.3 Å². The number of esters is 1. The summed E-state index contributed by atoms with van der Waals surface area (Å²) in [7, 11) is 0. The van der Waals surface area contributed by atoms with E-state index < -0.39 is 0 Å². The molecule has 0 radical (unpaired) electrons. The number of rotatable bonds is 8. The summed E-state index contributed by atoms with van der Waals surface area (Å²) in [6, 6.07) is 6.58. The van der Waals surface area contributed by atoms with Gasteiger partial charge in [-0.2, -0.15) is 0 Å². The molecule has 0 aliphatic rings. The van der Waals surface area contributed by atoms with Crippen LogP contribution in [0.1, 0.15) is 52.7 Å².